The van der Waals surface area contributed by atoms with Crippen LogP contribution in [0.25, 0.3) is 0 Å². The lowest BCUT2D eigenvalue weighted by Gasteiger charge is -2.38. The summed E-state index contributed by atoms with van der Waals surface area (Å²) in [5.74, 6) is -2.29. The molecule has 2 atom stereocenters. The van der Waals surface area contributed by atoms with Crippen LogP contribution in [0.2, 0.25) is 0 Å². The molecule has 0 unspecified atom stereocenters. The van der Waals surface area contributed by atoms with Crippen molar-refractivity contribution in [1.29, 1.82) is 0 Å². The van der Waals surface area contributed by atoms with Crippen molar-refractivity contribution in [3.8, 4) is 0 Å². The Bertz CT molecular complexity index is 702. The number of piperidine rings is 1. The van der Waals surface area contributed by atoms with Crippen LogP contribution in [0.1, 0.15) is 30.7 Å². The van der Waals surface area contributed by atoms with E-state index in [4.69, 9.17) is 5.11 Å². The minimum Gasteiger partial charge on any atom is -0.465 e. The Morgan fingerprint density at radius 2 is 1.78 bits per heavy atom. The van der Waals surface area contributed by atoms with Crippen LogP contribution in [0.5, 0.6) is 0 Å². The van der Waals surface area contributed by atoms with Gasteiger partial charge in [0.05, 0.1) is 6.54 Å². The van der Waals surface area contributed by atoms with Crippen LogP contribution < -0.4 is 0 Å². The number of amides is 2. The molecule has 0 radical (unpaired) electrons. The molecule has 5 nitrogen and oxygen atoms in total. The zero-order chi connectivity index (χ0) is 19.8. The van der Waals surface area contributed by atoms with E-state index in [1.165, 1.54) is 0 Å². The molecule has 27 heavy (non-hydrogen) atoms. The Morgan fingerprint density at radius 3 is 2.30 bits per heavy atom. The average Bonchev–Trinajstić information content (AvgIpc) is 3.40. The number of alkyl halides is 4. The first kappa shape index (κ1) is 19.4. The maximum atomic E-state index is 15.1. The van der Waals surface area contributed by atoms with Gasteiger partial charge in [-0.3, -0.25) is 4.79 Å². The molecule has 2 amide bonds. The third-order valence-corrected chi connectivity index (χ3v) is 5.27. The zero-order valence-corrected chi connectivity index (χ0v) is 14.5. The first-order valence-electron chi connectivity index (χ1n) is 8.70. The van der Waals surface area contributed by atoms with E-state index in [1.54, 1.807) is 30.3 Å². The van der Waals surface area contributed by atoms with Crippen molar-refractivity contribution < 1.29 is 32.3 Å². The number of carboxylic acid groups (broad SMARTS) is 1. The molecule has 2 fully saturated rings. The Kier molecular flexibility index (Phi) is 5.05. The summed E-state index contributed by atoms with van der Waals surface area (Å²) in [5.41, 5.74) is -1.22. The molecule has 0 aromatic heterocycles. The number of benzene rings is 1. The van der Waals surface area contributed by atoms with E-state index in [0.717, 1.165) is 10.5 Å². The van der Waals surface area contributed by atoms with Crippen LogP contribution in [0, 0.1) is 0 Å². The highest BCUT2D eigenvalue weighted by atomic mass is 19.4. The van der Waals surface area contributed by atoms with E-state index in [0.29, 0.717) is 11.3 Å². The van der Waals surface area contributed by atoms with Gasteiger partial charge in [0.25, 0.3) is 0 Å². The molecular formula is C18H20F4N2O3. The highest BCUT2D eigenvalue weighted by molar-refractivity contribution is 5.82. The van der Waals surface area contributed by atoms with Gasteiger partial charge < -0.3 is 14.9 Å². The summed E-state index contributed by atoms with van der Waals surface area (Å²) in [7, 11) is 0. The Balaban J connectivity index is 1.74. The maximum Gasteiger partial charge on any atom is 0.471 e. The third-order valence-electron chi connectivity index (χ3n) is 5.27. The molecule has 1 aromatic carbocycles. The van der Waals surface area contributed by atoms with E-state index in [2.05, 4.69) is 0 Å². The van der Waals surface area contributed by atoms with Gasteiger partial charge in [-0.25, -0.2) is 9.18 Å². The van der Waals surface area contributed by atoms with Crippen molar-refractivity contribution in [3.05, 3.63) is 35.9 Å². The molecule has 1 heterocycles. The predicted octanol–water partition coefficient (Wildman–Crippen LogP) is 3.42. The van der Waals surface area contributed by atoms with Gasteiger partial charge in [0, 0.05) is 37.9 Å². The lowest BCUT2D eigenvalue weighted by atomic mass is 9.92. The Hall–Kier alpha value is -2.32. The van der Waals surface area contributed by atoms with Gasteiger partial charge in [0.15, 0.2) is 0 Å². The van der Waals surface area contributed by atoms with Crippen LogP contribution in [-0.4, -0.2) is 64.4 Å². The molecular weight excluding hydrogens is 368 g/mol. The number of hydrogen-bond donors (Lipinski definition) is 1. The molecule has 0 bridgehead atoms. The van der Waals surface area contributed by atoms with E-state index in [9.17, 15) is 22.8 Å². The topological polar surface area (TPSA) is 60.9 Å². The largest absolute Gasteiger partial charge is 0.471 e. The van der Waals surface area contributed by atoms with Crippen molar-refractivity contribution >= 4 is 12.0 Å². The fourth-order valence-electron chi connectivity index (χ4n) is 3.65. The van der Waals surface area contributed by atoms with Crippen molar-refractivity contribution in [2.75, 3.05) is 19.6 Å². The molecule has 1 aliphatic heterocycles. The van der Waals surface area contributed by atoms with Crippen molar-refractivity contribution in [2.45, 2.75) is 43.1 Å². The normalized spacial score (nSPS) is 24.4. The second-order valence-electron chi connectivity index (χ2n) is 7.17. The second-order valence-corrected chi connectivity index (χ2v) is 7.17. The summed E-state index contributed by atoms with van der Waals surface area (Å²) < 4.78 is 54.3. The molecule has 148 valence electrons. The Morgan fingerprint density at radius 1 is 1.19 bits per heavy atom. The quantitative estimate of drug-likeness (QED) is 0.804. The summed E-state index contributed by atoms with van der Waals surface area (Å²) in [6, 6.07) is 8.16. The highest BCUT2D eigenvalue weighted by Crippen LogP contribution is 2.47. The smallest absolute Gasteiger partial charge is 0.465 e. The first-order chi connectivity index (χ1) is 12.6. The SMILES string of the molecule is O=C(O)N1CCC(F)(CN(C(=O)C(F)(F)F)[C@@H]2C[C@H]2c2ccccc2)CC1. The minimum absolute atomic E-state index is 0.105. The standard InChI is InChI=1S/C18H20F4N2O3/c19-17(6-8-23(9-7-17)16(26)27)11-24(15(25)18(20,21)22)14-10-13(14)12-4-2-1-3-5-12/h1-5,13-14H,6-11H2,(H,26,27)/t13-,14+/m0/s1. The van der Waals surface area contributed by atoms with Gasteiger partial charge in [0.2, 0.25) is 0 Å². The lowest BCUT2D eigenvalue weighted by Crippen LogP contribution is -2.53. The van der Waals surface area contributed by atoms with Gasteiger partial charge >= 0.3 is 18.2 Å². The third kappa shape index (κ3) is 4.33. The van der Waals surface area contributed by atoms with E-state index < -0.39 is 36.4 Å². The van der Waals surface area contributed by atoms with Crippen molar-refractivity contribution in [2.24, 2.45) is 0 Å². The van der Waals surface area contributed by atoms with Crippen LogP contribution in [0.4, 0.5) is 22.4 Å². The van der Waals surface area contributed by atoms with Gasteiger partial charge in [-0.2, -0.15) is 13.2 Å². The van der Waals surface area contributed by atoms with Crippen LogP contribution in [0.15, 0.2) is 30.3 Å². The number of likely N-dealkylation sites (tertiary alicyclic amines) is 1. The Labute approximate surface area is 153 Å². The monoisotopic (exact) mass is 388 g/mol. The second kappa shape index (κ2) is 7.01. The minimum atomic E-state index is -5.08. The number of nitrogens with zero attached hydrogens (tertiary/aromatic N) is 2. The predicted molar refractivity (Wildman–Crippen MR) is 88.0 cm³/mol. The van der Waals surface area contributed by atoms with E-state index >= 15 is 4.39 Å². The molecule has 3 rings (SSSR count). The average molecular weight is 388 g/mol. The van der Waals surface area contributed by atoms with E-state index in [-0.39, 0.29) is 31.8 Å². The van der Waals surface area contributed by atoms with Crippen molar-refractivity contribution in [1.82, 2.24) is 9.80 Å². The number of halogens is 4. The van der Waals surface area contributed by atoms with Gasteiger partial charge in [-0.05, 0) is 12.0 Å². The summed E-state index contributed by atoms with van der Waals surface area (Å²) in [5, 5.41) is 8.93. The number of hydrogen-bond acceptors (Lipinski definition) is 2. The van der Waals surface area contributed by atoms with Crippen LogP contribution >= 0.6 is 0 Å². The molecule has 0 spiro atoms. The summed E-state index contributed by atoms with van der Waals surface area (Å²) in [4.78, 5) is 24.5. The molecule has 1 aliphatic carbocycles. The summed E-state index contributed by atoms with van der Waals surface area (Å²) in [6.45, 7) is -0.883. The van der Waals surface area contributed by atoms with Crippen LogP contribution in [-0.2, 0) is 4.79 Å². The van der Waals surface area contributed by atoms with Gasteiger partial charge in [-0.1, -0.05) is 30.3 Å². The summed E-state index contributed by atoms with van der Waals surface area (Å²) in [6.07, 6.45) is -6.38. The molecule has 1 N–H and O–H groups in total. The molecule has 1 saturated carbocycles. The lowest BCUT2D eigenvalue weighted by molar-refractivity contribution is -0.188. The first-order valence-corrected chi connectivity index (χ1v) is 8.70. The van der Waals surface area contributed by atoms with E-state index in [1.807, 2.05) is 0 Å². The fourth-order valence-corrected chi connectivity index (χ4v) is 3.65. The highest BCUT2D eigenvalue weighted by Gasteiger charge is 2.54. The maximum absolute atomic E-state index is 15.1. The number of carbonyl (C=O) groups excluding carboxylic acids is 1. The van der Waals surface area contributed by atoms with Crippen molar-refractivity contribution in [3.63, 3.8) is 0 Å². The molecule has 2 aliphatic rings. The molecule has 1 aromatic rings. The number of carbonyl (C=O) groups is 2. The van der Waals surface area contributed by atoms with Gasteiger partial charge in [0.1, 0.15) is 5.67 Å². The van der Waals surface area contributed by atoms with Crippen LogP contribution in [0.3, 0.4) is 0 Å². The zero-order valence-electron chi connectivity index (χ0n) is 14.5. The summed E-state index contributed by atoms with van der Waals surface area (Å²) >= 11 is 0. The fraction of sp³-hybridized carbons (Fsp3) is 0.556. The number of rotatable bonds is 4. The molecule has 1 saturated heterocycles. The molecule has 9 heteroatoms. The van der Waals surface area contributed by atoms with Gasteiger partial charge in [-0.15, -0.1) is 0 Å².